The van der Waals surface area contributed by atoms with Crippen molar-refractivity contribution in [3.63, 3.8) is 0 Å². The van der Waals surface area contributed by atoms with E-state index in [-0.39, 0.29) is 11.5 Å². The molecule has 0 fully saturated rings. The number of aryl methyl sites for hydroxylation is 1. The molecule has 26 heavy (non-hydrogen) atoms. The van der Waals surface area contributed by atoms with Crippen molar-refractivity contribution in [3.8, 4) is 0 Å². The highest BCUT2D eigenvalue weighted by Crippen LogP contribution is 2.36. The summed E-state index contributed by atoms with van der Waals surface area (Å²) < 4.78 is 1.73. The van der Waals surface area contributed by atoms with Gasteiger partial charge in [0.15, 0.2) is 5.16 Å². The van der Waals surface area contributed by atoms with Crippen molar-refractivity contribution in [3.05, 3.63) is 20.8 Å². The zero-order valence-electron chi connectivity index (χ0n) is 16.0. The minimum absolute atomic E-state index is 0.0577. The van der Waals surface area contributed by atoms with Crippen LogP contribution in [-0.4, -0.2) is 39.2 Å². The molecule has 0 aliphatic heterocycles. The van der Waals surface area contributed by atoms with Gasteiger partial charge in [0.05, 0.1) is 11.1 Å². The van der Waals surface area contributed by atoms with E-state index >= 15 is 0 Å². The lowest BCUT2D eigenvalue weighted by Gasteiger charge is -2.19. The number of aromatic nitrogens is 2. The molecule has 2 aromatic rings. The predicted molar refractivity (Wildman–Crippen MR) is 109 cm³/mol. The van der Waals surface area contributed by atoms with E-state index in [9.17, 15) is 9.59 Å². The van der Waals surface area contributed by atoms with Crippen LogP contribution in [0.2, 0.25) is 0 Å². The first-order valence-corrected chi connectivity index (χ1v) is 11.3. The zero-order valence-corrected chi connectivity index (χ0v) is 17.6. The van der Waals surface area contributed by atoms with Crippen LogP contribution in [0.4, 0.5) is 0 Å². The fourth-order valence-electron chi connectivity index (χ4n) is 3.59. The Balaban J connectivity index is 1.96. The number of rotatable bonds is 6. The number of carbonyl (C=O) groups excluding carboxylic acids is 1. The van der Waals surface area contributed by atoms with Gasteiger partial charge < -0.3 is 4.90 Å². The van der Waals surface area contributed by atoms with Gasteiger partial charge >= 0.3 is 0 Å². The minimum Gasteiger partial charge on any atom is -0.343 e. The molecular weight excluding hydrogens is 366 g/mol. The molecular formula is C19H27N3O2S2. The molecule has 7 heteroatoms. The number of thioether (sulfide) groups is 1. The first kappa shape index (κ1) is 19.4. The van der Waals surface area contributed by atoms with Crippen molar-refractivity contribution in [2.75, 3.05) is 18.8 Å². The van der Waals surface area contributed by atoms with E-state index in [4.69, 9.17) is 4.98 Å². The molecule has 142 valence electrons. The van der Waals surface area contributed by atoms with E-state index in [0.717, 1.165) is 29.5 Å². The van der Waals surface area contributed by atoms with Crippen LogP contribution in [0.15, 0.2) is 9.95 Å². The van der Waals surface area contributed by atoms with Gasteiger partial charge in [-0.15, -0.1) is 11.3 Å². The van der Waals surface area contributed by atoms with E-state index in [2.05, 4.69) is 6.92 Å². The number of amides is 1. The SMILES string of the molecule is CCN(CC)C(=O)CSc1nc2sc3c(c2c(=O)n1CC)CC[C@@H](C)C3. The van der Waals surface area contributed by atoms with Crippen molar-refractivity contribution >= 4 is 39.2 Å². The van der Waals surface area contributed by atoms with Crippen molar-refractivity contribution < 1.29 is 4.79 Å². The summed E-state index contributed by atoms with van der Waals surface area (Å²) in [5.41, 5.74) is 1.28. The van der Waals surface area contributed by atoms with E-state index in [0.29, 0.717) is 36.5 Å². The maximum Gasteiger partial charge on any atom is 0.263 e. The van der Waals surface area contributed by atoms with Crippen molar-refractivity contribution in [2.45, 2.75) is 58.7 Å². The molecule has 0 saturated carbocycles. The summed E-state index contributed by atoms with van der Waals surface area (Å²) >= 11 is 3.05. The molecule has 2 heterocycles. The summed E-state index contributed by atoms with van der Waals surface area (Å²) in [6, 6.07) is 0. The topological polar surface area (TPSA) is 55.2 Å². The van der Waals surface area contributed by atoms with Crippen molar-refractivity contribution in [1.29, 1.82) is 0 Å². The van der Waals surface area contributed by atoms with Crippen molar-refractivity contribution in [1.82, 2.24) is 14.5 Å². The molecule has 0 radical (unpaired) electrons. The molecule has 0 saturated heterocycles. The molecule has 0 aromatic carbocycles. The number of hydrogen-bond donors (Lipinski definition) is 0. The standard InChI is InChI=1S/C19H27N3O2S2/c1-5-21(6-2)15(23)11-25-19-20-17-16(18(24)22(19)7-3)13-9-8-12(4)10-14(13)26-17/h12H,5-11H2,1-4H3/t12-/m1/s1. The highest BCUT2D eigenvalue weighted by Gasteiger charge is 2.24. The Kier molecular flexibility index (Phi) is 6.07. The van der Waals surface area contributed by atoms with Crippen molar-refractivity contribution in [2.24, 2.45) is 5.92 Å². The third-order valence-corrected chi connectivity index (χ3v) is 7.25. The molecule has 0 bridgehead atoms. The van der Waals surface area contributed by atoms with Crippen LogP contribution in [0.3, 0.4) is 0 Å². The third kappa shape index (κ3) is 3.56. The fourth-order valence-corrected chi connectivity index (χ4v) is 5.98. The summed E-state index contributed by atoms with van der Waals surface area (Å²) in [6.07, 6.45) is 3.16. The van der Waals surface area contributed by atoms with Gasteiger partial charge in [0.1, 0.15) is 4.83 Å². The summed E-state index contributed by atoms with van der Waals surface area (Å²) in [4.78, 5) is 34.2. The lowest BCUT2D eigenvalue weighted by Crippen LogP contribution is -2.32. The number of fused-ring (bicyclic) bond motifs is 3. The molecule has 2 aromatic heterocycles. The van der Waals surface area contributed by atoms with Crippen LogP contribution in [-0.2, 0) is 24.2 Å². The first-order valence-electron chi connectivity index (χ1n) is 9.45. The highest BCUT2D eigenvalue weighted by atomic mass is 32.2. The third-order valence-electron chi connectivity index (χ3n) is 5.14. The van der Waals surface area contributed by atoms with E-state index in [1.807, 2.05) is 25.7 Å². The smallest absolute Gasteiger partial charge is 0.263 e. The molecule has 0 N–H and O–H groups in total. The Morgan fingerprint density at radius 2 is 2.08 bits per heavy atom. The van der Waals surface area contributed by atoms with Gasteiger partial charge in [-0.3, -0.25) is 14.2 Å². The Hall–Kier alpha value is -1.34. The Morgan fingerprint density at radius 1 is 1.35 bits per heavy atom. The van der Waals surface area contributed by atoms with Crippen LogP contribution in [0, 0.1) is 5.92 Å². The van der Waals surface area contributed by atoms with Gasteiger partial charge in [0.2, 0.25) is 5.91 Å². The average Bonchev–Trinajstić information content (AvgIpc) is 2.98. The number of thiophene rings is 1. The normalized spacial score (nSPS) is 16.7. The second-order valence-corrected chi connectivity index (χ2v) is 8.86. The lowest BCUT2D eigenvalue weighted by atomic mass is 9.89. The van der Waals surface area contributed by atoms with Crippen LogP contribution in [0.25, 0.3) is 10.2 Å². The van der Waals surface area contributed by atoms with E-state index in [1.165, 1.54) is 22.2 Å². The van der Waals surface area contributed by atoms with Crippen LogP contribution < -0.4 is 5.56 Å². The number of hydrogen-bond acceptors (Lipinski definition) is 5. The Bertz CT molecular complexity index is 868. The largest absolute Gasteiger partial charge is 0.343 e. The van der Waals surface area contributed by atoms with Gasteiger partial charge in [0, 0.05) is 24.5 Å². The Morgan fingerprint density at radius 3 is 2.73 bits per heavy atom. The molecule has 3 rings (SSSR count). The number of carbonyl (C=O) groups is 1. The predicted octanol–water partition coefficient (Wildman–Crippen LogP) is 3.56. The zero-order chi connectivity index (χ0) is 18.8. The van der Waals surface area contributed by atoms with Crippen LogP contribution in [0.5, 0.6) is 0 Å². The van der Waals surface area contributed by atoms with Gasteiger partial charge in [-0.25, -0.2) is 4.98 Å². The van der Waals surface area contributed by atoms with Gasteiger partial charge in [0.25, 0.3) is 5.56 Å². The van der Waals surface area contributed by atoms with E-state index < -0.39 is 0 Å². The molecule has 1 aliphatic carbocycles. The fraction of sp³-hybridized carbons (Fsp3) is 0.632. The van der Waals surface area contributed by atoms with E-state index in [1.54, 1.807) is 15.9 Å². The summed E-state index contributed by atoms with van der Waals surface area (Å²) in [5.74, 6) is 1.09. The second-order valence-electron chi connectivity index (χ2n) is 6.83. The van der Waals surface area contributed by atoms with Gasteiger partial charge in [-0.1, -0.05) is 18.7 Å². The first-order chi connectivity index (χ1) is 12.5. The summed E-state index contributed by atoms with van der Waals surface area (Å²) in [6.45, 7) is 10.2. The summed E-state index contributed by atoms with van der Waals surface area (Å²) in [7, 11) is 0. The highest BCUT2D eigenvalue weighted by molar-refractivity contribution is 7.99. The van der Waals surface area contributed by atoms with Crippen LogP contribution >= 0.6 is 23.1 Å². The number of nitrogens with zero attached hydrogens (tertiary/aromatic N) is 3. The van der Waals surface area contributed by atoms with Gasteiger partial charge in [-0.05, 0) is 51.5 Å². The molecule has 1 atom stereocenters. The molecule has 1 aliphatic rings. The molecule has 0 unspecified atom stereocenters. The average molecular weight is 394 g/mol. The monoisotopic (exact) mass is 393 g/mol. The van der Waals surface area contributed by atoms with Crippen LogP contribution in [0.1, 0.15) is 44.6 Å². The van der Waals surface area contributed by atoms with Gasteiger partial charge in [-0.2, -0.15) is 0 Å². The molecule has 0 spiro atoms. The molecule has 1 amide bonds. The maximum absolute atomic E-state index is 13.1. The summed E-state index contributed by atoms with van der Waals surface area (Å²) in [5, 5.41) is 1.48. The lowest BCUT2D eigenvalue weighted by molar-refractivity contribution is -0.127. The Labute approximate surface area is 162 Å². The minimum atomic E-state index is 0.0577. The quantitative estimate of drug-likeness (QED) is 0.556. The molecule has 5 nitrogen and oxygen atoms in total. The maximum atomic E-state index is 13.1. The second kappa shape index (κ2) is 8.13.